The van der Waals surface area contributed by atoms with Crippen LogP contribution in [0.3, 0.4) is 0 Å². The normalized spacial score (nSPS) is 22.9. The lowest BCUT2D eigenvalue weighted by atomic mass is 10.2. The van der Waals surface area contributed by atoms with Crippen LogP contribution in [0.25, 0.3) is 0 Å². The van der Waals surface area contributed by atoms with Gasteiger partial charge >= 0.3 is 0 Å². The molecule has 0 aliphatic carbocycles. The van der Waals surface area contributed by atoms with Gasteiger partial charge in [-0.25, -0.2) is 0 Å². The van der Waals surface area contributed by atoms with E-state index in [2.05, 4.69) is 0 Å². The molecular formula is C9H10O2S2. The average molecular weight is 214 g/mol. The van der Waals surface area contributed by atoms with Gasteiger partial charge in [-0.3, -0.25) is 4.79 Å². The Morgan fingerprint density at radius 1 is 1.62 bits per heavy atom. The summed E-state index contributed by atoms with van der Waals surface area (Å²) < 4.78 is 5.40. The standard InChI is InChI=1S/C9H10O2S2/c10-9(8-2-1-4-13-8)7-6-12-5-3-11-7/h1-2,4,7H,3,5-6H2. The van der Waals surface area contributed by atoms with E-state index in [1.807, 2.05) is 17.5 Å². The first kappa shape index (κ1) is 9.24. The van der Waals surface area contributed by atoms with E-state index >= 15 is 0 Å². The van der Waals surface area contributed by atoms with Crippen LogP contribution in [-0.2, 0) is 4.74 Å². The van der Waals surface area contributed by atoms with E-state index in [0.717, 1.165) is 16.4 Å². The van der Waals surface area contributed by atoms with Crippen molar-refractivity contribution in [3.05, 3.63) is 22.4 Å². The first-order valence-corrected chi connectivity index (χ1v) is 6.18. The summed E-state index contributed by atoms with van der Waals surface area (Å²) in [6, 6.07) is 3.75. The van der Waals surface area contributed by atoms with Gasteiger partial charge in [0.15, 0.2) is 0 Å². The molecule has 0 spiro atoms. The van der Waals surface area contributed by atoms with Gasteiger partial charge in [0.25, 0.3) is 0 Å². The molecule has 0 aromatic carbocycles. The third kappa shape index (κ3) is 2.13. The molecule has 1 aromatic rings. The third-order valence-electron chi connectivity index (χ3n) is 1.87. The lowest BCUT2D eigenvalue weighted by Crippen LogP contribution is -2.30. The smallest absolute Gasteiger partial charge is 0.202 e. The minimum Gasteiger partial charge on any atom is -0.368 e. The van der Waals surface area contributed by atoms with Crippen molar-refractivity contribution in [1.29, 1.82) is 0 Å². The van der Waals surface area contributed by atoms with E-state index in [1.54, 1.807) is 11.8 Å². The third-order valence-corrected chi connectivity index (χ3v) is 3.75. The van der Waals surface area contributed by atoms with Crippen LogP contribution < -0.4 is 0 Å². The second kappa shape index (κ2) is 4.26. The van der Waals surface area contributed by atoms with Crippen LogP contribution in [0.15, 0.2) is 17.5 Å². The Morgan fingerprint density at radius 3 is 3.15 bits per heavy atom. The molecule has 1 saturated heterocycles. The summed E-state index contributed by atoms with van der Waals surface area (Å²) in [7, 11) is 0. The quantitative estimate of drug-likeness (QED) is 0.705. The van der Waals surface area contributed by atoms with Crippen molar-refractivity contribution < 1.29 is 9.53 Å². The van der Waals surface area contributed by atoms with Crippen LogP contribution in [0, 0.1) is 0 Å². The number of Topliss-reactive ketones (excluding diaryl/α,β-unsaturated/α-hetero) is 1. The molecule has 0 N–H and O–H groups in total. The van der Waals surface area contributed by atoms with Gasteiger partial charge in [0.05, 0.1) is 11.5 Å². The largest absolute Gasteiger partial charge is 0.368 e. The highest BCUT2D eigenvalue weighted by molar-refractivity contribution is 7.99. The summed E-state index contributed by atoms with van der Waals surface area (Å²) in [5, 5.41) is 1.92. The van der Waals surface area contributed by atoms with Gasteiger partial charge < -0.3 is 4.74 Å². The zero-order chi connectivity index (χ0) is 9.10. The molecule has 1 aliphatic rings. The minimum absolute atomic E-state index is 0.141. The van der Waals surface area contributed by atoms with E-state index in [0.29, 0.717) is 6.61 Å². The molecule has 1 unspecified atom stereocenters. The molecule has 0 amide bonds. The van der Waals surface area contributed by atoms with E-state index in [4.69, 9.17) is 4.74 Å². The Bertz CT molecular complexity index is 276. The fourth-order valence-corrected chi connectivity index (χ4v) is 2.77. The predicted octanol–water partition coefficient (Wildman–Crippen LogP) is 2.06. The van der Waals surface area contributed by atoms with Crippen LogP contribution >= 0.6 is 23.1 Å². The van der Waals surface area contributed by atoms with Crippen molar-refractivity contribution in [2.75, 3.05) is 18.1 Å². The number of thiophene rings is 1. The SMILES string of the molecule is O=C(c1cccs1)C1CSCCO1. The van der Waals surface area contributed by atoms with E-state index in [-0.39, 0.29) is 11.9 Å². The lowest BCUT2D eigenvalue weighted by Gasteiger charge is -2.20. The highest BCUT2D eigenvalue weighted by Gasteiger charge is 2.23. The number of carbonyl (C=O) groups excluding carboxylic acids is 1. The molecule has 70 valence electrons. The molecule has 0 bridgehead atoms. The van der Waals surface area contributed by atoms with Gasteiger partial charge in [-0.05, 0) is 11.4 Å². The molecule has 13 heavy (non-hydrogen) atoms. The zero-order valence-electron chi connectivity index (χ0n) is 7.06. The number of hydrogen-bond acceptors (Lipinski definition) is 4. The number of rotatable bonds is 2. The van der Waals surface area contributed by atoms with Crippen molar-refractivity contribution in [2.24, 2.45) is 0 Å². The van der Waals surface area contributed by atoms with Crippen molar-refractivity contribution in [3.63, 3.8) is 0 Å². The number of carbonyl (C=O) groups is 1. The van der Waals surface area contributed by atoms with Crippen molar-refractivity contribution in [3.8, 4) is 0 Å². The van der Waals surface area contributed by atoms with Gasteiger partial charge in [-0.1, -0.05) is 6.07 Å². The minimum atomic E-state index is -0.211. The van der Waals surface area contributed by atoms with Gasteiger partial charge in [-0.2, -0.15) is 11.8 Å². The summed E-state index contributed by atoms with van der Waals surface area (Å²) in [5.41, 5.74) is 0. The molecule has 1 fully saturated rings. The lowest BCUT2D eigenvalue weighted by molar-refractivity contribution is 0.0523. The second-order valence-corrected chi connectivity index (χ2v) is 4.87. The molecule has 2 nitrogen and oxygen atoms in total. The molecule has 1 atom stereocenters. The number of hydrogen-bond donors (Lipinski definition) is 0. The molecule has 0 saturated carbocycles. The molecular weight excluding hydrogens is 204 g/mol. The van der Waals surface area contributed by atoms with Gasteiger partial charge in [0.2, 0.25) is 5.78 Å². The van der Waals surface area contributed by atoms with E-state index in [1.165, 1.54) is 11.3 Å². The summed E-state index contributed by atoms with van der Waals surface area (Å²) in [6.45, 7) is 0.701. The monoisotopic (exact) mass is 214 g/mol. The maximum absolute atomic E-state index is 11.7. The van der Waals surface area contributed by atoms with Crippen LogP contribution in [0.1, 0.15) is 9.67 Å². The Kier molecular flexibility index (Phi) is 3.03. The average Bonchev–Trinajstić information content (AvgIpc) is 2.71. The van der Waals surface area contributed by atoms with Gasteiger partial charge in [-0.15, -0.1) is 11.3 Å². The molecule has 1 aliphatic heterocycles. The molecule has 2 heterocycles. The second-order valence-electron chi connectivity index (χ2n) is 2.78. The van der Waals surface area contributed by atoms with Crippen molar-refractivity contribution in [2.45, 2.75) is 6.10 Å². The maximum atomic E-state index is 11.7. The van der Waals surface area contributed by atoms with Crippen LogP contribution in [0.4, 0.5) is 0 Å². The van der Waals surface area contributed by atoms with E-state index < -0.39 is 0 Å². The van der Waals surface area contributed by atoms with E-state index in [9.17, 15) is 4.79 Å². The summed E-state index contributed by atoms with van der Waals surface area (Å²) >= 11 is 3.27. The Balaban J connectivity index is 2.04. The fraction of sp³-hybridized carbons (Fsp3) is 0.444. The molecule has 2 rings (SSSR count). The van der Waals surface area contributed by atoms with Crippen molar-refractivity contribution in [1.82, 2.24) is 0 Å². The topological polar surface area (TPSA) is 26.3 Å². The summed E-state index contributed by atoms with van der Waals surface area (Å²) in [4.78, 5) is 12.5. The molecule has 0 radical (unpaired) electrons. The number of thioether (sulfide) groups is 1. The van der Waals surface area contributed by atoms with Gasteiger partial charge in [0.1, 0.15) is 6.10 Å². The number of ether oxygens (including phenoxy) is 1. The number of ketones is 1. The zero-order valence-corrected chi connectivity index (χ0v) is 8.70. The first-order valence-electron chi connectivity index (χ1n) is 4.15. The molecule has 1 aromatic heterocycles. The first-order chi connectivity index (χ1) is 6.38. The Morgan fingerprint density at radius 2 is 2.54 bits per heavy atom. The van der Waals surface area contributed by atoms with Gasteiger partial charge in [0, 0.05) is 11.5 Å². The summed E-state index contributed by atoms with van der Waals surface area (Å²) in [6.07, 6.45) is -0.211. The highest BCUT2D eigenvalue weighted by atomic mass is 32.2. The Labute approximate surface area is 85.3 Å². The maximum Gasteiger partial charge on any atom is 0.202 e. The fourth-order valence-electron chi connectivity index (χ4n) is 1.22. The summed E-state index contributed by atoms with van der Waals surface area (Å²) in [5.74, 6) is 1.95. The Hall–Kier alpha value is -0.320. The van der Waals surface area contributed by atoms with Crippen LogP contribution in [0.5, 0.6) is 0 Å². The molecule has 4 heteroatoms. The van der Waals surface area contributed by atoms with Crippen molar-refractivity contribution >= 4 is 28.9 Å². The predicted molar refractivity (Wildman–Crippen MR) is 55.7 cm³/mol. The highest BCUT2D eigenvalue weighted by Crippen LogP contribution is 2.19. The van der Waals surface area contributed by atoms with Crippen LogP contribution in [-0.4, -0.2) is 30.0 Å². The van der Waals surface area contributed by atoms with Crippen LogP contribution in [0.2, 0.25) is 0 Å².